The number of carbonyl (C=O) groups is 3. The molecule has 0 aromatic heterocycles. The van der Waals surface area contributed by atoms with Gasteiger partial charge < -0.3 is 15.3 Å². The Balaban J connectivity index is 2.05. The molecule has 6 nitrogen and oxygen atoms in total. The van der Waals surface area contributed by atoms with Gasteiger partial charge in [-0.3, -0.25) is 14.4 Å². The quantitative estimate of drug-likeness (QED) is 0.859. The fourth-order valence-corrected chi connectivity index (χ4v) is 3.45. The number of carboxylic acid groups (broad SMARTS) is 1. The lowest BCUT2D eigenvalue weighted by molar-refractivity contribution is -0.136. The predicted octanol–water partition coefficient (Wildman–Crippen LogP) is 1.56. The summed E-state index contributed by atoms with van der Waals surface area (Å²) >= 11 is 1.55. The third-order valence-electron chi connectivity index (χ3n) is 3.36. The first-order chi connectivity index (χ1) is 10.5. The molecule has 0 aliphatic carbocycles. The highest BCUT2D eigenvalue weighted by atomic mass is 32.2. The van der Waals surface area contributed by atoms with Gasteiger partial charge >= 0.3 is 5.97 Å². The number of nitrogens with zero attached hydrogens (tertiary/aromatic N) is 1. The van der Waals surface area contributed by atoms with Gasteiger partial charge in [0.05, 0.1) is 12.3 Å². The highest BCUT2D eigenvalue weighted by Crippen LogP contribution is 2.23. The molecule has 0 spiro atoms. The van der Waals surface area contributed by atoms with Crippen LogP contribution in [0.4, 0.5) is 5.69 Å². The van der Waals surface area contributed by atoms with Crippen LogP contribution in [0.25, 0.3) is 0 Å². The van der Waals surface area contributed by atoms with Crippen LogP contribution in [0.1, 0.15) is 18.9 Å². The minimum atomic E-state index is -0.921. The summed E-state index contributed by atoms with van der Waals surface area (Å²) in [6, 6.07) is 6.27. The summed E-state index contributed by atoms with van der Waals surface area (Å²) in [6.45, 7) is 1.77. The summed E-state index contributed by atoms with van der Waals surface area (Å²) in [6.07, 6.45) is 0.280. The van der Waals surface area contributed by atoms with E-state index in [1.807, 2.05) is 0 Å². The molecule has 1 atom stereocenters. The molecule has 1 saturated heterocycles. The van der Waals surface area contributed by atoms with E-state index in [2.05, 4.69) is 5.32 Å². The third kappa shape index (κ3) is 4.00. The molecule has 2 N–H and O–H groups in total. The largest absolute Gasteiger partial charge is 0.481 e. The molecule has 1 heterocycles. The lowest BCUT2D eigenvalue weighted by atomic mass is 10.1. The number of carboxylic acids is 1. The van der Waals surface area contributed by atoms with Gasteiger partial charge in [0.1, 0.15) is 6.04 Å². The van der Waals surface area contributed by atoms with Crippen LogP contribution in [0.2, 0.25) is 0 Å². The predicted molar refractivity (Wildman–Crippen MR) is 84.7 cm³/mol. The first-order valence-electron chi connectivity index (χ1n) is 7.00. The Bertz CT molecular complexity index is 591. The Morgan fingerprint density at radius 1 is 1.41 bits per heavy atom. The Morgan fingerprint density at radius 3 is 2.86 bits per heavy atom. The van der Waals surface area contributed by atoms with Crippen molar-refractivity contribution in [3.05, 3.63) is 29.8 Å². The molecule has 0 saturated carbocycles. The standard InChI is InChI=1S/C15H18N2O4S/c1-2-13(18)17-9-22-8-12(17)15(21)16-11-5-3-4-10(6-11)7-14(19)20/h3-6,12H,2,7-9H2,1H3,(H,16,21)(H,19,20). The number of nitrogens with one attached hydrogen (secondary N) is 1. The van der Waals surface area contributed by atoms with Crippen molar-refractivity contribution in [1.82, 2.24) is 4.90 Å². The first kappa shape index (κ1) is 16.4. The molecule has 1 aromatic rings. The van der Waals surface area contributed by atoms with Crippen LogP contribution in [0.15, 0.2) is 24.3 Å². The van der Waals surface area contributed by atoms with E-state index in [-0.39, 0.29) is 18.2 Å². The van der Waals surface area contributed by atoms with Gasteiger partial charge in [-0.2, -0.15) is 0 Å². The minimum absolute atomic E-state index is 0.0372. The number of hydrogen-bond donors (Lipinski definition) is 2. The van der Waals surface area contributed by atoms with E-state index in [4.69, 9.17) is 5.11 Å². The van der Waals surface area contributed by atoms with Crippen molar-refractivity contribution in [1.29, 1.82) is 0 Å². The van der Waals surface area contributed by atoms with Crippen molar-refractivity contribution >= 4 is 35.2 Å². The van der Waals surface area contributed by atoms with Gasteiger partial charge in [-0.25, -0.2) is 0 Å². The zero-order valence-corrected chi connectivity index (χ0v) is 13.1. The number of aliphatic carboxylic acids is 1. The van der Waals surface area contributed by atoms with Gasteiger partial charge in [-0.1, -0.05) is 19.1 Å². The van der Waals surface area contributed by atoms with Crippen molar-refractivity contribution in [2.24, 2.45) is 0 Å². The lowest BCUT2D eigenvalue weighted by Gasteiger charge is -2.22. The number of benzene rings is 1. The first-order valence-corrected chi connectivity index (χ1v) is 8.15. The molecule has 1 fully saturated rings. The van der Waals surface area contributed by atoms with E-state index in [0.717, 1.165) is 0 Å². The summed E-state index contributed by atoms with van der Waals surface area (Å²) in [5.41, 5.74) is 1.16. The minimum Gasteiger partial charge on any atom is -0.481 e. The summed E-state index contributed by atoms with van der Waals surface area (Å²) in [4.78, 5) is 36.5. The summed E-state index contributed by atoms with van der Waals surface area (Å²) in [7, 11) is 0. The van der Waals surface area contributed by atoms with Gasteiger partial charge in [0.2, 0.25) is 11.8 Å². The van der Waals surface area contributed by atoms with Crippen LogP contribution in [-0.2, 0) is 20.8 Å². The molecule has 1 aliphatic rings. The van der Waals surface area contributed by atoms with Crippen LogP contribution in [-0.4, -0.2) is 45.5 Å². The second-order valence-corrected chi connectivity index (χ2v) is 5.99. The second kappa shape index (κ2) is 7.31. The van der Waals surface area contributed by atoms with E-state index >= 15 is 0 Å². The van der Waals surface area contributed by atoms with Crippen LogP contribution in [0.5, 0.6) is 0 Å². The Morgan fingerprint density at radius 2 is 2.18 bits per heavy atom. The Hall–Kier alpha value is -2.02. The van der Waals surface area contributed by atoms with E-state index in [0.29, 0.717) is 29.3 Å². The maximum Gasteiger partial charge on any atom is 0.307 e. The molecule has 7 heteroatoms. The normalized spacial score (nSPS) is 17.3. The molecule has 2 rings (SSSR count). The number of rotatable bonds is 5. The SMILES string of the molecule is CCC(=O)N1CSCC1C(=O)Nc1cccc(CC(=O)O)c1. The molecule has 0 bridgehead atoms. The molecule has 22 heavy (non-hydrogen) atoms. The van der Waals surface area contributed by atoms with Crippen LogP contribution < -0.4 is 5.32 Å². The molecule has 0 radical (unpaired) electrons. The molecular weight excluding hydrogens is 304 g/mol. The lowest BCUT2D eigenvalue weighted by Crippen LogP contribution is -2.44. The number of hydrogen-bond acceptors (Lipinski definition) is 4. The molecule has 2 amide bonds. The van der Waals surface area contributed by atoms with Gasteiger partial charge in [0.15, 0.2) is 0 Å². The average Bonchev–Trinajstić information content (AvgIpc) is 2.95. The van der Waals surface area contributed by atoms with Gasteiger partial charge in [-0.15, -0.1) is 11.8 Å². The van der Waals surface area contributed by atoms with Gasteiger partial charge in [0.25, 0.3) is 0 Å². The highest BCUT2D eigenvalue weighted by Gasteiger charge is 2.33. The topological polar surface area (TPSA) is 86.7 Å². The number of anilines is 1. The second-order valence-electron chi connectivity index (χ2n) is 4.99. The van der Waals surface area contributed by atoms with Gasteiger partial charge in [0, 0.05) is 17.9 Å². The van der Waals surface area contributed by atoms with Gasteiger partial charge in [-0.05, 0) is 17.7 Å². The molecular formula is C15H18N2O4S. The van der Waals surface area contributed by atoms with E-state index in [9.17, 15) is 14.4 Å². The smallest absolute Gasteiger partial charge is 0.307 e. The maximum absolute atomic E-state index is 12.3. The monoisotopic (exact) mass is 322 g/mol. The molecule has 1 aromatic carbocycles. The summed E-state index contributed by atoms with van der Waals surface area (Å²) < 4.78 is 0. The fourth-order valence-electron chi connectivity index (χ4n) is 2.27. The number of carbonyl (C=O) groups excluding carboxylic acids is 2. The number of thioether (sulfide) groups is 1. The fraction of sp³-hybridized carbons (Fsp3) is 0.400. The zero-order chi connectivity index (χ0) is 16.1. The van der Waals surface area contributed by atoms with Crippen molar-refractivity contribution in [3.8, 4) is 0 Å². The average molecular weight is 322 g/mol. The third-order valence-corrected chi connectivity index (χ3v) is 4.37. The van der Waals surface area contributed by atoms with Crippen LogP contribution in [0.3, 0.4) is 0 Å². The van der Waals surface area contributed by atoms with Crippen molar-refractivity contribution in [3.63, 3.8) is 0 Å². The Kier molecular flexibility index (Phi) is 5.43. The number of amides is 2. The Labute approximate surface area is 132 Å². The van der Waals surface area contributed by atoms with Crippen molar-refractivity contribution in [2.45, 2.75) is 25.8 Å². The van der Waals surface area contributed by atoms with Crippen molar-refractivity contribution < 1.29 is 19.5 Å². The highest BCUT2D eigenvalue weighted by molar-refractivity contribution is 7.99. The van der Waals surface area contributed by atoms with Crippen LogP contribution >= 0.6 is 11.8 Å². The maximum atomic E-state index is 12.3. The molecule has 118 valence electrons. The molecule has 1 unspecified atom stereocenters. The zero-order valence-electron chi connectivity index (χ0n) is 12.2. The van der Waals surface area contributed by atoms with E-state index in [1.165, 1.54) is 0 Å². The van der Waals surface area contributed by atoms with Crippen LogP contribution in [0, 0.1) is 0 Å². The summed E-state index contributed by atoms with van der Waals surface area (Å²) in [5.74, 6) is -0.0876. The molecule has 1 aliphatic heterocycles. The van der Waals surface area contributed by atoms with Crippen molar-refractivity contribution in [2.75, 3.05) is 16.9 Å². The van der Waals surface area contributed by atoms with E-state index < -0.39 is 12.0 Å². The summed E-state index contributed by atoms with van der Waals surface area (Å²) in [5, 5.41) is 11.6. The van der Waals surface area contributed by atoms with E-state index in [1.54, 1.807) is 47.9 Å².